The molecule has 0 atom stereocenters. The van der Waals surface area contributed by atoms with Crippen molar-refractivity contribution in [3.05, 3.63) is 88.9 Å². The number of carbonyl (C=O) groups excluding carboxylic acids is 1. The molecule has 0 unspecified atom stereocenters. The average molecular weight is 551 g/mol. The second-order valence-corrected chi connectivity index (χ2v) is 10.7. The Morgan fingerprint density at radius 1 is 1.02 bits per heavy atom. The summed E-state index contributed by atoms with van der Waals surface area (Å²) in [4.78, 5) is 44.2. The number of rotatable bonds is 5. The maximum Gasteiger partial charge on any atom is 0.280 e. The SMILES string of the molecule is C=CC(=O)N1CCN(c2cc3cnc(N)nc3n(-c3ccc(CN4CCN(C)CC4)cc3)c2=O)c2cccc(C)c21. The van der Waals surface area contributed by atoms with Gasteiger partial charge in [-0.05, 0) is 55.4 Å². The van der Waals surface area contributed by atoms with E-state index in [1.54, 1.807) is 15.7 Å². The summed E-state index contributed by atoms with van der Waals surface area (Å²) in [5.41, 5.74) is 11.1. The third-order valence-electron chi connectivity index (χ3n) is 7.99. The molecule has 41 heavy (non-hydrogen) atoms. The highest BCUT2D eigenvalue weighted by Gasteiger charge is 2.30. The van der Waals surface area contributed by atoms with Gasteiger partial charge < -0.3 is 20.4 Å². The van der Waals surface area contributed by atoms with Crippen LogP contribution in [-0.2, 0) is 11.3 Å². The molecular formula is C31H34N8O2. The van der Waals surface area contributed by atoms with Crippen LogP contribution in [0.3, 0.4) is 0 Å². The van der Waals surface area contributed by atoms with Crippen molar-refractivity contribution in [2.45, 2.75) is 13.5 Å². The van der Waals surface area contributed by atoms with Crippen LogP contribution in [-0.4, -0.2) is 76.6 Å². The standard InChI is InChI=1S/C31H34N8O2/c1-4-27(40)38-17-16-37(25-7-5-6-21(2)28(25)38)26-18-23-19-33-31(32)34-29(23)39(30(26)41)24-10-8-22(9-11-24)20-36-14-12-35(3)13-15-36/h4-11,18-19H,1,12-17,20H2,2-3H3,(H2,32,33,34). The minimum absolute atomic E-state index is 0.0996. The summed E-state index contributed by atoms with van der Waals surface area (Å²) in [6.45, 7) is 11.5. The Bertz CT molecular complexity index is 1690. The molecule has 0 bridgehead atoms. The topological polar surface area (TPSA) is 104 Å². The van der Waals surface area contributed by atoms with Gasteiger partial charge in [0, 0.05) is 57.4 Å². The third kappa shape index (κ3) is 4.96. The van der Waals surface area contributed by atoms with Gasteiger partial charge in [-0.15, -0.1) is 0 Å². The third-order valence-corrected chi connectivity index (χ3v) is 7.99. The summed E-state index contributed by atoms with van der Waals surface area (Å²) in [6, 6.07) is 15.7. The first-order valence-corrected chi connectivity index (χ1v) is 13.8. The van der Waals surface area contributed by atoms with Gasteiger partial charge in [-0.25, -0.2) is 4.98 Å². The van der Waals surface area contributed by atoms with Crippen molar-refractivity contribution in [2.24, 2.45) is 0 Å². The minimum atomic E-state index is -0.224. The van der Waals surface area contributed by atoms with Crippen molar-refractivity contribution < 1.29 is 4.79 Å². The minimum Gasteiger partial charge on any atom is -0.368 e. The summed E-state index contributed by atoms with van der Waals surface area (Å²) in [7, 11) is 2.15. The number of para-hydroxylation sites is 1. The van der Waals surface area contributed by atoms with Gasteiger partial charge in [-0.2, -0.15) is 4.98 Å². The number of amides is 1. The lowest BCUT2D eigenvalue weighted by atomic mass is 10.1. The molecule has 4 aromatic rings. The zero-order valence-corrected chi connectivity index (χ0v) is 23.5. The Morgan fingerprint density at radius 3 is 2.51 bits per heavy atom. The Balaban J connectivity index is 1.44. The highest BCUT2D eigenvalue weighted by Crippen LogP contribution is 2.39. The highest BCUT2D eigenvalue weighted by atomic mass is 16.2. The number of piperazine rings is 1. The number of nitrogens with zero attached hydrogens (tertiary/aromatic N) is 7. The Morgan fingerprint density at radius 2 is 1.78 bits per heavy atom. The number of hydrogen-bond acceptors (Lipinski definition) is 8. The molecule has 6 rings (SSSR count). The van der Waals surface area contributed by atoms with Gasteiger partial charge in [0.15, 0.2) is 5.65 Å². The molecule has 10 nitrogen and oxygen atoms in total. The second-order valence-electron chi connectivity index (χ2n) is 10.7. The number of pyridine rings is 1. The number of fused-ring (bicyclic) bond motifs is 2. The Kier molecular flexibility index (Phi) is 7.02. The molecule has 0 saturated carbocycles. The van der Waals surface area contributed by atoms with E-state index in [4.69, 9.17) is 5.73 Å². The van der Waals surface area contributed by atoms with Gasteiger partial charge >= 0.3 is 0 Å². The zero-order valence-electron chi connectivity index (χ0n) is 23.5. The summed E-state index contributed by atoms with van der Waals surface area (Å²) in [5.74, 6) is -0.0701. The van der Waals surface area contributed by atoms with E-state index in [1.807, 2.05) is 48.2 Å². The van der Waals surface area contributed by atoms with Crippen LogP contribution in [0.15, 0.2) is 72.2 Å². The zero-order chi connectivity index (χ0) is 28.7. The number of nitrogen functional groups attached to an aromatic ring is 1. The van der Waals surface area contributed by atoms with Crippen LogP contribution in [0.25, 0.3) is 16.7 Å². The first-order chi connectivity index (χ1) is 19.8. The van der Waals surface area contributed by atoms with E-state index >= 15 is 0 Å². The van der Waals surface area contributed by atoms with Gasteiger partial charge in [-0.1, -0.05) is 30.8 Å². The summed E-state index contributed by atoms with van der Waals surface area (Å²) < 4.78 is 1.61. The summed E-state index contributed by atoms with van der Waals surface area (Å²) in [5, 5.41) is 0.689. The first kappa shape index (κ1) is 26.7. The maximum absolute atomic E-state index is 14.3. The number of aromatic nitrogens is 3. The summed E-state index contributed by atoms with van der Waals surface area (Å²) >= 11 is 0. The lowest BCUT2D eigenvalue weighted by Crippen LogP contribution is -2.44. The maximum atomic E-state index is 14.3. The van der Waals surface area contributed by atoms with Crippen LogP contribution in [0.4, 0.5) is 23.0 Å². The van der Waals surface area contributed by atoms with E-state index in [0.717, 1.165) is 49.7 Å². The van der Waals surface area contributed by atoms with Crippen LogP contribution < -0.4 is 21.1 Å². The molecule has 4 heterocycles. The normalized spacial score (nSPS) is 16.1. The van der Waals surface area contributed by atoms with Crippen molar-refractivity contribution in [1.29, 1.82) is 0 Å². The van der Waals surface area contributed by atoms with Crippen molar-refractivity contribution in [2.75, 3.05) is 61.8 Å². The van der Waals surface area contributed by atoms with Crippen LogP contribution in [0, 0.1) is 6.92 Å². The van der Waals surface area contributed by atoms with Gasteiger partial charge in [0.05, 0.1) is 17.1 Å². The number of anilines is 4. The van der Waals surface area contributed by atoms with Gasteiger partial charge in [0.2, 0.25) is 5.95 Å². The fourth-order valence-corrected chi connectivity index (χ4v) is 5.77. The Labute approximate surface area is 238 Å². The Hall–Kier alpha value is -4.54. The van der Waals surface area contributed by atoms with Gasteiger partial charge in [-0.3, -0.25) is 19.1 Å². The molecule has 1 amide bonds. The van der Waals surface area contributed by atoms with E-state index in [1.165, 1.54) is 11.6 Å². The molecule has 1 saturated heterocycles. The number of hydrogen-bond donors (Lipinski definition) is 1. The second kappa shape index (κ2) is 10.8. The van der Waals surface area contributed by atoms with Crippen LogP contribution >= 0.6 is 0 Å². The highest BCUT2D eigenvalue weighted by molar-refractivity contribution is 6.05. The molecule has 1 fully saturated rings. The van der Waals surface area contributed by atoms with E-state index in [9.17, 15) is 9.59 Å². The molecule has 2 N–H and O–H groups in total. The van der Waals surface area contributed by atoms with E-state index in [-0.39, 0.29) is 17.4 Å². The quantitative estimate of drug-likeness (QED) is 0.378. The van der Waals surface area contributed by atoms with Crippen molar-refractivity contribution in [1.82, 2.24) is 24.3 Å². The van der Waals surface area contributed by atoms with Crippen molar-refractivity contribution in [3.63, 3.8) is 0 Å². The molecular weight excluding hydrogens is 516 g/mol. The molecule has 2 aliphatic heterocycles. The monoisotopic (exact) mass is 550 g/mol. The molecule has 210 valence electrons. The fraction of sp³-hybridized carbons (Fsp3) is 0.290. The molecule has 0 spiro atoms. The smallest absolute Gasteiger partial charge is 0.280 e. The summed E-state index contributed by atoms with van der Waals surface area (Å²) in [6.07, 6.45) is 2.97. The fourth-order valence-electron chi connectivity index (χ4n) is 5.77. The van der Waals surface area contributed by atoms with E-state index in [0.29, 0.717) is 35.5 Å². The number of nitrogens with two attached hydrogens (primary N) is 1. The largest absolute Gasteiger partial charge is 0.368 e. The van der Waals surface area contributed by atoms with Gasteiger partial charge in [0.1, 0.15) is 5.69 Å². The molecule has 10 heteroatoms. The predicted molar refractivity (Wildman–Crippen MR) is 163 cm³/mol. The van der Waals surface area contributed by atoms with Crippen molar-refractivity contribution >= 4 is 40.0 Å². The number of aryl methyl sites for hydroxylation is 1. The van der Waals surface area contributed by atoms with E-state index in [2.05, 4.69) is 45.5 Å². The number of carbonyl (C=O) groups is 1. The number of benzene rings is 2. The van der Waals surface area contributed by atoms with Crippen LogP contribution in [0.5, 0.6) is 0 Å². The average Bonchev–Trinajstić information content (AvgIpc) is 2.98. The number of likely N-dealkylation sites (N-methyl/N-ethyl adjacent to an activating group) is 1. The van der Waals surface area contributed by atoms with E-state index < -0.39 is 0 Å². The van der Waals surface area contributed by atoms with Crippen LogP contribution in [0.2, 0.25) is 0 Å². The van der Waals surface area contributed by atoms with Crippen LogP contribution in [0.1, 0.15) is 11.1 Å². The molecule has 0 aliphatic carbocycles. The molecule has 2 aliphatic rings. The molecule has 2 aromatic carbocycles. The molecule has 0 radical (unpaired) electrons. The lowest BCUT2D eigenvalue weighted by molar-refractivity contribution is -0.114. The predicted octanol–water partition coefficient (Wildman–Crippen LogP) is 3.09. The first-order valence-electron chi connectivity index (χ1n) is 13.8. The van der Waals surface area contributed by atoms with Gasteiger partial charge in [0.25, 0.3) is 11.5 Å². The van der Waals surface area contributed by atoms with Crippen molar-refractivity contribution in [3.8, 4) is 5.69 Å². The lowest BCUT2D eigenvalue weighted by Gasteiger charge is -2.38. The molecule has 2 aromatic heterocycles.